The van der Waals surface area contributed by atoms with Crippen molar-refractivity contribution in [1.29, 1.82) is 0 Å². The first-order valence-corrected chi connectivity index (χ1v) is 10.7. The number of primary amides is 1. The van der Waals surface area contributed by atoms with Gasteiger partial charge in [0.05, 0.1) is 11.4 Å². The quantitative estimate of drug-likeness (QED) is 0.673. The standard InChI is InChI=1S/C21H26BrN3O4/c1-3-12(2)10-25-17-9-16(15(22)8-18(17)29-11-19(25)26)24-21(28)14-7-5-4-6-13(14)20(23)27/h8-9,12H,3-7,10-11H2,1-2H3,(H2,23,27)(H,24,28). The average Bonchev–Trinajstić information content (AvgIpc) is 2.70. The minimum absolute atomic E-state index is 0.00353. The van der Waals surface area contributed by atoms with Gasteiger partial charge in [0.15, 0.2) is 6.61 Å². The van der Waals surface area contributed by atoms with Crippen LogP contribution in [0.2, 0.25) is 0 Å². The molecule has 1 aliphatic carbocycles. The molecule has 0 radical (unpaired) electrons. The third-order valence-electron chi connectivity index (χ3n) is 5.47. The molecule has 1 unspecified atom stereocenters. The zero-order valence-electron chi connectivity index (χ0n) is 16.7. The van der Waals surface area contributed by atoms with E-state index in [0.29, 0.717) is 58.0 Å². The number of nitrogens with two attached hydrogens (primary N) is 1. The fourth-order valence-electron chi connectivity index (χ4n) is 3.58. The van der Waals surface area contributed by atoms with E-state index >= 15 is 0 Å². The Kier molecular flexibility index (Phi) is 6.62. The molecule has 1 heterocycles. The molecule has 0 saturated carbocycles. The highest BCUT2D eigenvalue weighted by Gasteiger charge is 2.29. The van der Waals surface area contributed by atoms with Gasteiger partial charge in [-0.05, 0) is 59.7 Å². The molecule has 1 aliphatic heterocycles. The summed E-state index contributed by atoms with van der Waals surface area (Å²) < 4.78 is 6.22. The molecule has 0 fully saturated rings. The number of fused-ring (bicyclic) bond motifs is 1. The largest absolute Gasteiger partial charge is 0.482 e. The molecule has 0 saturated heterocycles. The topological polar surface area (TPSA) is 102 Å². The molecule has 3 amide bonds. The molecular weight excluding hydrogens is 438 g/mol. The Hall–Kier alpha value is -2.35. The third kappa shape index (κ3) is 4.63. The van der Waals surface area contributed by atoms with Gasteiger partial charge in [0.1, 0.15) is 5.75 Å². The molecule has 156 valence electrons. The summed E-state index contributed by atoms with van der Waals surface area (Å²) in [5.41, 5.74) is 7.45. The number of anilines is 2. The van der Waals surface area contributed by atoms with Crippen LogP contribution in [0.25, 0.3) is 0 Å². The van der Waals surface area contributed by atoms with Crippen LogP contribution in [0.1, 0.15) is 46.0 Å². The van der Waals surface area contributed by atoms with Crippen LogP contribution in [-0.2, 0) is 14.4 Å². The Morgan fingerprint density at radius 1 is 1.28 bits per heavy atom. The fourth-order valence-corrected chi connectivity index (χ4v) is 4.01. The van der Waals surface area contributed by atoms with Crippen molar-refractivity contribution in [2.45, 2.75) is 46.0 Å². The summed E-state index contributed by atoms with van der Waals surface area (Å²) in [6.07, 6.45) is 3.69. The van der Waals surface area contributed by atoms with Crippen LogP contribution < -0.4 is 20.7 Å². The van der Waals surface area contributed by atoms with E-state index in [2.05, 4.69) is 35.1 Å². The lowest BCUT2D eigenvalue weighted by molar-refractivity contribution is -0.121. The van der Waals surface area contributed by atoms with Crippen molar-refractivity contribution in [2.75, 3.05) is 23.4 Å². The van der Waals surface area contributed by atoms with Gasteiger partial charge in [-0.1, -0.05) is 20.3 Å². The monoisotopic (exact) mass is 463 g/mol. The van der Waals surface area contributed by atoms with Gasteiger partial charge in [-0.15, -0.1) is 0 Å². The maximum atomic E-state index is 12.9. The van der Waals surface area contributed by atoms with Gasteiger partial charge >= 0.3 is 0 Å². The zero-order valence-corrected chi connectivity index (χ0v) is 18.3. The molecule has 3 rings (SSSR count). The van der Waals surface area contributed by atoms with Gasteiger partial charge in [0.25, 0.3) is 11.8 Å². The van der Waals surface area contributed by atoms with Crippen LogP contribution in [0, 0.1) is 5.92 Å². The van der Waals surface area contributed by atoms with Crippen molar-refractivity contribution in [1.82, 2.24) is 0 Å². The van der Waals surface area contributed by atoms with E-state index in [1.165, 1.54) is 0 Å². The maximum Gasteiger partial charge on any atom is 0.265 e. The SMILES string of the molecule is CCC(C)CN1C(=O)COc2cc(Br)c(NC(=O)C3=C(C(N)=O)CCCC3)cc21. The number of benzene rings is 1. The summed E-state index contributed by atoms with van der Waals surface area (Å²) in [6.45, 7) is 4.75. The number of ether oxygens (including phenoxy) is 1. The van der Waals surface area contributed by atoms with E-state index in [4.69, 9.17) is 10.5 Å². The summed E-state index contributed by atoms with van der Waals surface area (Å²) >= 11 is 3.47. The highest BCUT2D eigenvalue weighted by atomic mass is 79.9. The Labute approximate surface area is 178 Å². The minimum Gasteiger partial charge on any atom is -0.482 e. The molecule has 2 aliphatic rings. The molecule has 1 atom stereocenters. The van der Waals surface area contributed by atoms with Crippen LogP contribution in [-0.4, -0.2) is 30.9 Å². The molecule has 1 aromatic carbocycles. The molecule has 7 nitrogen and oxygen atoms in total. The second-order valence-corrected chi connectivity index (χ2v) is 8.44. The van der Waals surface area contributed by atoms with Crippen LogP contribution in [0.15, 0.2) is 27.8 Å². The van der Waals surface area contributed by atoms with Crippen molar-refractivity contribution in [3.63, 3.8) is 0 Å². The highest BCUT2D eigenvalue weighted by molar-refractivity contribution is 9.10. The Bertz CT molecular complexity index is 881. The second-order valence-electron chi connectivity index (χ2n) is 7.59. The van der Waals surface area contributed by atoms with Gasteiger partial charge in [-0.3, -0.25) is 14.4 Å². The fraction of sp³-hybridized carbons (Fsp3) is 0.476. The van der Waals surface area contributed by atoms with Gasteiger partial charge in [-0.2, -0.15) is 0 Å². The van der Waals surface area contributed by atoms with Gasteiger partial charge in [-0.25, -0.2) is 0 Å². The van der Waals surface area contributed by atoms with E-state index in [-0.39, 0.29) is 18.4 Å². The number of nitrogens with one attached hydrogen (secondary N) is 1. The highest BCUT2D eigenvalue weighted by Crippen LogP contribution is 2.40. The van der Waals surface area contributed by atoms with Crippen molar-refractivity contribution in [3.05, 3.63) is 27.8 Å². The van der Waals surface area contributed by atoms with Crippen molar-refractivity contribution in [3.8, 4) is 5.75 Å². The Morgan fingerprint density at radius 2 is 1.97 bits per heavy atom. The summed E-state index contributed by atoms with van der Waals surface area (Å²) in [7, 11) is 0. The van der Waals surface area contributed by atoms with Crippen LogP contribution in [0.3, 0.4) is 0 Å². The predicted octanol–water partition coefficient (Wildman–Crippen LogP) is 3.52. The van der Waals surface area contributed by atoms with Gasteiger partial charge in [0.2, 0.25) is 5.91 Å². The molecule has 0 bridgehead atoms. The van der Waals surface area contributed by atoms with Crippen molar-refractivity contribution < 1.29 is 19.1 Å². The lowest BCUT2D eigenvalue weighted by Crippen LogP contribution is -2.41. The Balaban J connectivity index is 1.92. The van der Waals surface area contributed by atoms with Crippen LogP contribution in [0.4, 0.5) is 11.4 Å². The normalized spacial score (nSPS) is 17.5. The van der Waals surface area contributed by atoms with Crippen molar-refractivity contribution in [2.24, 2.45) is 11.7 Å². The molecular formula is C21H26BrN3O4. The predicted molar refractivity (Wildman–Crippen MR) is 115 cm³/mol. The first-order valence-electron chi connectivity index (χ1n) is 9.91. The number of carbonyl (C=O) groups is 3. The number of rotatable bonds is 6. The number of halogens is 1. The number of nitrogens with zero attached hydrogens (tertiary/aromatic N) is 1. The van der Waals surface area contributed by atoms with E-state index in [0.717, 1.165) is 19.3 Å². The minimum atomic E-state index is -0.543. The summed E-state index contributed by atoms with van der Waals surface area (Å²) in [6, 6.07) is 3.50. The molecule has 29 heavy (non-hydrogen) atoms. The molecule has 0 aromatic heterocycles. The van der Waals surface area contributed by atoms with E-state index in [1.54, 1.807) is 17.0 Å². The molecule has 0 spiro atoms. The first kappa shape index (κ1) is 21.4. The summed E-state index contributed by atoms with van der Waals surface area (Å²) in [5.74, 6) is -0.0678. The lowest BCUT2D eigenvalue weighted by atomic mass is 9.90. The first-order chi connectivity index (χ1) is 13.8. The van der Waals surface area contributed by atoms with E-state index < -0.39 is 5.91 Å². The van der Waals surface area contributed by atoms with Crippen molar-refractivity contribution >= 4 is 45.0 Å². The van der Waals surface area contributed by atoms with E-state index in [9.17, 15) is 14.4 Å². The van der Waals surface area contributed by atoms with Gasteiger partial charge in [0, 0.05) is 22.2 Å². The molecule has 8 heteroatoms. The summed E-state index contributed by atoms with van der Waals surface area (Å²) in [4.78, 5) is 38.7. The molecule has 3 N–H and O–H groups in total. The number of carbonyl (C=O) groups excluding carboxylic acids is 3. The van der Waals surface area contributed by atoms with E-state index in [1.807, 2.05) is 0 Å². The smallest absolute Gasteiger partial charge is 0.265 e. The molecule has 1 aromatic rings. The third-order valence-corrected chi connectivity index (χ3v) is 6.13. The maximum absolute atomic E-state index is 12.9. The van der Waals surface area contributed by atoms with Crippen LogP contribution >= 0.6 is 15.9 Å². The van der Waals surface area contributed by atoms with Gasteiger partial charge < -0.3 is 20.7 Å². The number of amides is 3. The average molecular weight is 464 g/mol. The van der Waals surface area contributed by atoms with Crippen LogP contribution in [0.5, 0.6) is 5.75 Å². The lowest BCUT2D eigenvalue weighted by Gasteiger charge is -2.32. The number of hydrogen-bond acceptors (Lipinski definition) is 4. The number of hydrogen-bond donors (Lipinski definition) is 2. The second kappa shape index (κ2) is 8.98. The summed E-state index contributed by atoms with van der Waals surface area (Å²) in [5, 5.41) is 2.87. The Morgan fingerprint density at radius 3 is 2.62 bits per heavy atom. The zero-order chi connectivity index (χ0) is 21.1.